The topological polar surface area (TPSA) is 23.6 Å². The summed E-state index contributed by atoms with van der Waals surface area (Å²) >= 11 is 1.88. The van der Waals surface area contributed by atoms with Crippen LogP contribution in [0.25, 0.3) is 0 Å². The molecule has 1 aliphatic heterocycles. The molecule has 1 rings (SSSR count). The van der Waals surface area contributed by atoms with E-state index in [1.54, 1.807) is 0 Å². The molecule has 1 heterocycles. The molecule has 0 bridgehead atoms. The van der Waals surface area contributed by atoms with Gasteiger partial charge in [-0.3, -0.25) is 4.79 Å². The lowest BCUT2D eigenvalue weighted by atomic mass is 9.97. The molecule has 0 aromatic heterocycles. The van der Waals surface area contributed by atoms with Crippen LogP contribution in [0.15, 0.2) is 0 Å². The molecule has 1 aliphatic rings. The predicted molar refractivity (Wildman–Crippen MR) is 71.4 cm³/mol. The van der Waals surface area contributed by atoms with Gasteiger partial charge in [-0.05, 0) is 68.5 Å². The lowest BCUT2D eigenvalue weighted by Crippen LogP contribution is -2.36. The SMILES string of the molecule is CN1CCC(CN(C)CCC(=O)I)CC1. The van der Waals surface area contributed by atoms with Crippen molar-refractivity contribution in [3.8, 4) is 0 Å². The smallest absolute Gasteiger partial charge is 0.193 e. The van der Waals surface area contributed by atoms with Crippen molar-refractivity contribution in [2.24, 2.45) is 5.92 Å². The first-order valence-electron chi connectivity index (χ1n) is 5.63. The fraction of sp³-hybridized carbons (Fsp3) is 0.909. The van der Waals surface area contributed by atoms with E-state index in [9.17, 15) is 4.79 Å². The van der Waals surface area contributed by atoms with Crippen LogP contribution < -0.4 is 0 Å². The van der Waals surface area contributed by atoms with Gasteiger partial charge < -0.3 is 9.80 Å². The number of carbonyl (C=O) groups excluding carboxylic acids is 1. The minimum atomic E-state index is 0.267. The van der Waals surface area contributed by atoms with E-state index in [-0.39, 0.29) is 3.79 Å². The van der Waals surface area contributed by atoms with Gasteiger partial charge in [0.15, 0.2) is 3.79 Å². The maximum absolute atomic E-state index is 10.8. The summed E-state index contributed by atoms with van der Waals surface area (Å²) in [5, 5.41) is 0. The quantitative estimate of drug-likeness (QED) is 0.567. The van der Waals surface area contributed by atoms with Gasteiger partial charge in [-0.25, -0.2) is 0 Å². The second-order valence-electron chi connectivity index (χ2n) is 4.61. The molecular weight excluding hydrogens is 303 g/mol. The summed E-state index contributed by atoms with van der Waals surface area (Å²) in [7, 11) is 4.31. The van der Waals surface area contributed by atoms with E-state index in [0.29, 0.717) is 6.42 Å². The standard InChI is InChI=1S/C11H21IN2O/c1-13-6-3-10(4-7-13)9-14(2)8-5-11(12)15/h10H,3-9H2,1-2H3. The molecule has 0 amide bonds. The highest BCUT2D eigenvalue weighted by molar-refractivity contribution is 14.1. The number of likely N-dealkylation sites (tertiary alicyclic amines) is 1. The normalized spacial score (nSPS) is 19.7. The Morgan fingerprint density at radius 2 is 2.07 bits per heavy atom. The molecule has 1 saturated heterocycles. The highest BCUT2D eigenvalue weighted by Crippen LogP contribution is 2.16. The summed E-state index contributed by atoms with van der Waals surface area (Å²) in [6, 6.07) is 0. The van der Waals surface area contributed by atoms with Gasteiger partial charge in [0.2, 0.25) is 0 Å². The average molecular weight is 324 g/mol. The van der Waals surface area contributed by atoms with Crippen LogP contribution in [-0.2, 0) is 4.79 Å². The first-order valence-corrected chi connectivity index (χ1v) is 6.71. The minimum absolute atomic E-state index is 0.267. The molecule has 15 heavy (non-hydrogen) atoms. The van der Waals surface area contributed by atoms with Crippen molar-refractivity contribution in [2.75, 3.05) is 40.3 Å². The number of carbonyl (C=O) groups is 1. The Morgan fingerprint density at radius 3 is 2.60 bits per heavy atom. The van der Waals surface area contributed by atoms with Crippen molar-refractivity contribution < 1.29 is 4.79 Å². The maximum Gasteiger partial charge on any atom is 0.193 e. The van der Waals surface area contributed by atoms with Crippen LogP contribution in [-0.4, -0.2) is 53.9 Å². The number of halogens is 1. The molecule has 0 N–H and O–H groups in total. The van der Waals surface area contributed by atoms with Gasteiger partial charge in [0.25, 0.3) is 0 Å². The van der Waals surface area contributed by atoms with Crippen LogP contribution in [0.4, 0.5) is 0 Å². The molecule has 0 radical (unpaired) electrons. The maximum atomic E-state index is 10.8. The van der Waals surface area contributed by atoms with Gasteiger partial charge in [-0.2, -0.15) is 0 Å². The number of hydrogen-bond acceptors (Lipinski definition) is 3. The second kappa shape index (κ2) is 6.81. The summed E-state index contributed by atoms with van der Waals surface area (Å²) in [6.07, 6.45) is 3.29. The Bertz CT molecular complexity index is 203. The Balaban J connectivity index is 2.14. The number of hydrogen-bond donors (Lipinski definition) is 0. The van der Waals surface area contributed by atoms with Crippen molar-refractivity contribution in [1.82, 2.24) is 9.80 Å². The fourth-order valence-corrected chi connectivity index (χ4v) is 2.30. The summed E-state index contributed by atoms with van der Waals surface area (Å²) < 4.78 is 0.267. The van der Waals surface area contributed by atoms with Gasteiger partial charge >= 0.3 is 0 Å². The summed E-state index contributed by atoms with van der Waals surface area (Å²) in [6.45, 7) is 4.51. The Hall–Kier alpha value is 0.320. The lowest BCUT2D eigenvalue weighted by Gasteiger charge is -2.31. The van der Waals surface area contributed by atoms with Gasteiger partial charge in [0.05, 0.1) is 0 Å². The third-order valence-electron chi connectivity index (χ3n) is 3.10. The lowest BCUT2D eigenvalue weighted by molar-refractivity contribution is -0.109. The zero-order chi connectivity index (χ0) is 11.3. The zero-order valence-corrected chi connectivity index (χ0v) is 11.9. The first-order chi connectivity index (χ1) is 7.08. The second-order valence-corrected chi connectivity index (χ2v) is 5.82. The van der Waals surface area contributed by atoms with E-state index in [2.05, 4.69) is 23.9 Å². The molecule has 88 valence electrons. The van der Waals surface area contributed by atoms with Gasteiger partial charge in [-0.15, -0.1) is 0 Å². The van der Waals surface area contributed by atoms with E-state index < -0.39 is 0 Å². The highest BCUT2D eigenvalue weighted by atomic mass is 127. The van der Waals surface area contributed by atoms with Crippen LogP contribution in [0.1, 0.15) is 19.3 Å². The Kier molecular flexibility index (Phi) is 6.07. The van der Waals surface area contributed by atoms with Crippen LogP contribution in [0.3, 0.4) is 0 Å². The van der Waals surface area contributed by atoms with Crippen LogP contribution in [0.2, 0.25) is 0 Å². The summed E-state index contributed by atoms with van der Waals surface area (Å²) in [5.41, 5.74) is 0. The van der Waals surface area contributed by atoms with E-state index in [1.807, 2.05) is 22.6 Å². The molecule has 3 nitrogen and oxygen atoms in total. The molecule has 0 aromatic carbocycles. The zero-order valence-electron chi connectivity index (χ0n) is 9.71. The molecule has 0 unspecified atom stereocenters. The Labute approximate surface area is 106 Å². The highest BCUT2D eigenvalue weighted by Gasteiger charge is 2.17. The number of nitrogens with zero attached hydrogens (tertiary/aromatic N) is 2. The van der Waals surface area contributed by atoms with E-state index in [0.717, 1.165) is 19.0 Å². The van der Waals surface area contributed by atoms with Crippen molar-refractivity contribution in [3.63, 3.8) is 0 Å². The number of piperidine rings is 1. The van der Waals surface area contributed by atoms with E-state index in [4.69, 9.17) is 0 Å². The average Bonchev–Trinajstić information content (AvgIpc) is 2.19. The minimum Gasteiger partial charge on any atom is -0.306 e. The summed E-state index contributed by atoms with van der Waals surface area (Å²) in [4.78, 5) is 15.5. The Morgan fingerprint density at radius 1 is 1.47 bits per heavy atom. The van der Waals surface area contributed by atoms with Gasteiger partial charge in [-0.1, -0.05) is 0 Å². The fourth-order valence-electron chi connectivity index (χ4n) is 2.06. The van der Waals surface area contributed by atoms with Crippen molar-refractivity contribution in [2.45, 2.75) is 19.3 Å². The molecule has 4 heteroatoms. The third-order valence-corrected chi connectivity index (χ3v) is 3.64. The largest absolute Gasteiger partial charge is 0.306 e. The molecule has 0 atom stereocenters. The van der Waals surface area contributed by atoms with Crippen LogP contribution in [0, 0.1) is 5.92 Å². The van der Waals surface area contributed by atoms with Gasteiger partial charge in [0.1, 0.15) is 0 Å². The predicted octanol–water partition coefficient (Wildman–Crippen LogP) is 1.61. The molecule has 1 fully saturated rings. The van der Waals surface area contributed by atoms with E-state index >= 15 is 0 Å². The van der Waals surface area contributed by atoms with Crippen molar-refractivity contribution in [1.29, 1.82) is 0 Å². The third kappa shape index (κ3) is 5.82. The van der Waals surface area contributed by atoms with E-state index in [1.165, 1.54) is 25.9 Å². The van der Waals surface area contributed by atoms with Crippen LogP contribution >= 0.6 is 22.6 Å². The molecule has 0 aliphatic carbocycles. The molecule has 0 spiro atoms. The molecule has 0 aromatic rings. The molecule has 0 saturated carbocycles. The monoisotopic (exact) mass is 324 g/mol. The van der Waals surface area contributed by atoms with Gasteiger partial charge in [0, 0.05) is 19.5 Å². The summed E-state index contributed by atoms with van der Waals surface area (Å²) in [5.74, 6) is 0.829. The first kappa shape index (κ1) is 13.4. The van der Waals surface area contributed by atoms with Crippen LogP contribution in [0.5, 0.6) is 0 Å². The van der Waals surface area contributed by atoms with Crippen molar-refractivity contribution in [3.05, 3.63) is 0 Å². The molecular formula is C11H21IN2O. The number of rotatable bonds is 5. The van der Waals surface area contributed by atoms with Crippen molar-refractivity contribution >= 4 is 26.4 Å².